The van der Waals surface area contributed by atoms with Crippen LogP contribution in [0.3, 0.4) is 0 Å². The average molecular weight is 193 g/mol. The fourth-order valence-corrected chi connectivity index (χ4v) is 2.11. The van der Waals surface area contributed by atoms with Crippen molar-refractivity contribution in [3.63, 3.8) is 0 Å². The van der Waals surface area contributed by atoms with Crippen molar-refractivity contribution in [2.24, 2.45) is 11.8 Å². The van der Waals surface area contributed by atoms with Gasteiger partial charge in [-0.3, -0.25) is 0 Å². The molecule has 14 heavy (non-hydrogen) atoms. The van der Waals surface area contributed by atoms with Crippen molar-refractivity contribution < 1.29 is 0 Å². The monoisotopic (exact) mass is 193 g/mol. The van der Waals surface area contributed by atoms with Gasteiger partial charge < -0.3 is 4.90 Å². The third-order valence-corrected chi connectivity index (χ3v) is 3.29. The molecule has 1 fully saturated rings. The lowest BCUT2D eigenvalue weighted by atomic mass is 9.91. The minimum atomic E-state index is 0.785. The van der Waals surface area contributed by atoms with Crippen LogP contribution in [0.4, 0.5) is 0 Å². The van der Waals surface area contributed by atoms with Crippen molar-refractivity contribution in [2.75, 3.05) is 13.1 Å². The van der Waals surface area contributed by atoms with Crippen LogP contribution < -0.4 is 0 Å². The molecule has 1 heteroatoms. The van der Waals surface area contributed by atoms with E-state index in [1.54, 1.807) is 0 Å². The van der Waals surface area contributed by atoms with E-state index in [0.29, 0.717) is 0 Å². The summed E-state index contributed by atoms with van der Waals surface area (Å²) in [5.41, 5.74) is 1.09. The summed E-state index contributed by atoms with van der Waals surface area (Å²) in [6.45, 7) is 14.8. The first-order valence-electron chi connectivity index (χ1n) is 5.71. The predicted molar refractivity (Wildman–Crippen MR) is 63.1 cm³/mol. The van der Waals surface area contributed by atoms with E-state index in [4.69, 9.17) is 0 Å². The maximum Gasteiger partial charge on any atom is 0.0287 e. The number of nitrogens with zero attached hydrogens (tertiary/aromatic N) is 1. The Morgan fingerprint density at radius 2 is 2.14 bits per heavy atom. The van der Waals surface area contributed by atoms with E-state index >= 15 is 0 Å². The smallest absolute Gasteiger partial charge is 0.0287 e. The van der Waals surface area contributed by atoms with Crippen molar-refractivity contribution in [1.29, 1.82) is 0 Å². The zero-order valence-electron chi connectivity index (χ0n) is 9.63. The summed E-state index contributed by atoms with van der Waals surface area (Å²) in [5.74, 6) is 1.61. The van der Waals surface area contributed by atoms with Gasteiger partial charge in [0.25, 0.3) is 0 Å². The van der Waals surface area contributed by atoms with Crippen LogP contribution in [0.5, 0.6) is 0 Å². The molecule has 1 rings (SSSR count). The number of hydrogen-bond acceptors (Lipinski definition) is 1. The summed E-state index contributed by atoms with van der Waals surface area (Å²) in [5, 5.41) is 0. The molecule has 80 valence electrons. The van der Waals surface area contributed by atoms with Gasteiger partial charge in [0.05, 0.1) is 0 Å². The Kier molecular flexibility index (Phi) is 4.24. The quantitative estimate of drug-likeness (QED) is 0.621. The third kappa shape index (κ3) is 2.90. The molecule has 0 N–H and O–H groups in total. The van der Waals surface area contributed by atoms with E-state index in [0.717, 1.165) is 24.1 Å². The second-order valence-corrected chi connectivity index (χ2v) is 4.64. The molecule has 0 spiro atoms. The summed E-state index contributed by atoms with van der Waals surface area (Å²) in [4.78, 5) is 2.39. The first-order valence-corrected chi connectivity index (χ1v) is 5.71. The fraction of sp³-hybridized carbons (Fsp3) is 0.692. The van der Waals surface area contributed by atoms with Crippen molar-refractivity contribution >= 4 is 0 Å². The van der Waals surface area contributed by atoms with Crippen LogP contribution in [0.25, 0.3) is 0 Å². The highest BCUT2D eigenvalue weighted by Gasteiger charge is 2.20. The van der Waals surface area contributed by atoms with E-state index in [1.807, 2.05) is 6.08 Å². The van der Waals surface area contributed by atoms with Gasteiger partial charge in [0.2, 0.25) is 0 Å². The van der Waals surface area contributed by atoms with E-state index in [-0.39, 0.29) is 0 Å². The maximum atomic E-state index is 4.04. The summed E-state index contributed by atoms with van der Waals surface area (Å²) in [7, 11) is 0. The van der Waals surface area contributed by atoms with E-state index in [2.05, 4.69) is 31.9 Å². The Bertz CT molecular complexity index is 205. The van der Waals surface area contributed by atoms with Crippen LogP contribution in [0.2, 0.25) is 0 Å². The van der Waals surface area contributed by atoms with Crippen molar-refractivity contribution in [1.82, 2.24) is 4.90 Å². The molecule has 1 nitrogen and oxygen atoms in total. The molecule has 0 bridgehead atoms. The molecule has 0 saturated carbocycles. The summed E-state index contributed by atoms with van der Waals surface area (Å²) >= 11 is 0. The Labute approximate surface area is 88.5 Å². The van der Waals surface area contributed by atoms with Gasteiger partial charge in [0.15, 0.2) is 0 Å². The van der Waals surface area contributed by atoms with Gasteiger partial charge in [-0.2, -0.15) is 0 Å². The van der Waals surface area contributed by atoms with Crippen LogP contribution in [-0.2, 0) is 0 Å². The fourth-order valence-electron chi connectivity index (χ4n) is 2.11. The van der Waals surface area contributed by atoms with Crippen molar-refractivity contribution in [3.05, 3.63) is 24.9 Å². The Morgan fingerprint density at radius 3 is 2.71 bits per heavy atom. The van der Waals surface area contributed by atoms with E-state index in [9.17, 15) is 0 Å². The molecule has 0 unspecified atom stereocenters. The van der Waals surface area contributed by atoms with Gasteiger partial charge in [-0.1, -0.05) is 33.4 Å². The molecular formula is C13H23N. The lowest BCUT2D eigenvalue weighted by Crippen LogP contribution is -2.28. The van der Waals surface area contributed by atoms with Gasteiger partial charge in [-0.05, 0) is 30.8 Å². The normalized spacial score (nSPS) is 23.4. The molecule has 0 aliphatic carbocycles. The zero-order valence-corrected chi connectivity index (χ0v) is 9.63. The number of hydrogen-bond donors (Lipinski definition) is 0. The van der Waals surface area contributed by atoms with Gasteiger partial charge in [-0.25, -0.2) is 0 Å². The number of rotatable bonds is 3. The lowest BCUT2D eigenvalue weighted by molar-refractivity contribution is 0.267. The average Bonchev–Trinajstić information content (AvgIpc) is 2.41. The molecule has 0 radical (unpaired) electrons. The highest BCUT2D eigenvalue weighted by atomic mass is 15.1. The topological polar surface area (TPSA) is 3.24 Å². The van der Waals surface area contributed by atoms with Crippen molar-refractivity contribution in [2.45, 2.75) is 33.1 Å². The van der Waals surface area contributed by atoms with Gasteiger partial charge in [0, 0.05) is 18.8 Å². The molecule has 0 aromatic rings. The second kappa shape index (κ2) is 5.23. The summed E-state index contributed by atoms with van der Waals surface area (Å²) in [6.07, 6.45) is 5.92. The minimum Gasteiger partial charge on any atom is -0.372 e. The molecule has 1 atom stereocenters. The van der Waals surface area contributed by atoms with Gasteiger partial charge in [-0.15, -0.1) is 0 Å². The van der Waals surface area contributed by atoms with Crippen molar-refractivity contribution in [3.8, 4) is 0 Å². The first kappa shape index (κ1) is 11.4. The molecule has 0 aromatic heterocycles. The molecule has 1 saturated heterocycles. The molecular weight excluding hydrogens is 170 g/mol. The van der Waals surface area contributed by atoms with E-state index in [1.165, 1.54) is 25.8 Å². The van der Waals surface area contributed by atoms with Crippen LogP contribution in [0, 0.1) is 11.8 Å². The SMILES string of the molecule is C=CC(=C)N1CCCC[C@H](C(C)C)C1. The Hall–Kier alpha value is -0.720. The maximum absolute atomic E-state index is 4.04. The molecule has 1 heterocycles. The highest BCUT2D eigenvalue weighted by molar-refractivity contribution is 5.10. The number of allylic oxidation sites excluding steroid dienone is 1. The Balaban J connectivity index is 2.59. The Morgan fingerprint density at radius 1 is 1.43 bits per heavy atom. The molecule has 0 amide bonds. The summed E-state index contributed by atoms with van der Waals surface area (Å²) < 4.78 is 0. The standard InChI is InChI=1S/C13H23N/c1-5-12(4)14-9-7-6-8-13(10-14)11(2)3/h5,11,13H,1,4,6-10H2,2-3H3/t13-/m0/s1. The largest absolute Gasteiger partial charge is 0.372 e. The predicted octanol–water partition coefficient (Wildman–Crippen LogP) is 3.44. The van der Waals surface area contributed by atoms with Crippen LogP contribution in [0.15, 0.2) is 24.9 Å². The molecule has 1 aliphatic rings. The van der Waals surface area contributed by atoms with Gasteiger partial charge >= 0.3 is 0 Å². The number of likely N-dealkylation sites (tertiary alicyclic amines) is 1. The van der Waals surface area contributed by atoms with E-state index < -0.39 is 0 Å². The molecule has 1 aliphatic heterocycles. The zero-order chi connectivity index (χ0) is 10.6. The minimum absolute atomic E-state index is 0.785. The second-order valence-electron chi connectivity index (χ2n) is 4.64. The highest BCUT2D eigenvalue weighted by Crippen LogP contribution is 2.24. The summed E-state index contributed by atoms with van der Waals surface area (Å²) in [6, 6.07) is 0. The van der Waals surface area contributed by atoms with Crippen LogP contribution in [0.1, 0.15) is 33.1 Å². The van der Waals surface area contributed by atoms with Crippen LogP contribution >= 0.6 is 0 Å². The molecule has 0 aromatic carbocycles. The van der Waals surface area contributed by atoms with Gasteiger partial charge in [0.1, 0.15) is 0 Å². The lowest BCUT2D eigenvalue weighted by Gasteiger charge is -2.28. The van der Waals surface area contributed by atoms with Crippen LogP contribution in [-0.4, -0.2) is 18.0 Å². The third-order valence-electron chi connectivity index (χ3n) is 3.29. The first-order chi connectivity index (χ1) is 6.65.